The lowest BCUT2D eigenvalue weighted by Gasteiger charge is -2.33. The maximum atomic E-state index is 12.3. The summed E-state index contributed by atoms with van der Waals surface area (Å²) < 4.78 is 28.4. The van der Waals surface area contributed by atoms with Crippen molar-refractivity contribution < 1.29 is 8.42 Å². The second-order valence-electron chi connectivity index (χ2n) is 4.78. The van der Waals surface area contributed by atoms with Gasteiger partial charge in [0.25, 0.3) is 10.0 Å². The fraction of sp³-hybridized carbons (Fsp3) is 0.636. The van der Waals surface area contributed by atoms with Gasteiger partial charge in [-0.15, -0.1) is 11.3 Å². The first-order valence-corrected chi connectivity index (χ1v) is 8.86. The zero-order chi connectivity index (χ0) is 12.5. The van der Waals surface area contributed by atoms with Crippen LogP contribution in [0.25, 0.3) is 0 Å². The summed E-state index contributed by atoms with van der Waals surface area (Å²) in [4.78, 5) is 0. The van der Waals surface area contributed by atoms with Crippen molar-refractivity contribution in [3.05, 3.63) is 15.9 Å². The zero-order valence-corrected chi connectivity index (χ0v) is 12.9. The molecular formula is C11H16BrNO2S2. The summed E-state index contributed by atoms with van der Waals surface area (Å²) in [6.45, 7) is 2.01. The summed E-state index contributed by atoms with van der Waals surface area (Å²) >= 11 is 4.52. The van der Waals surface area contributed by atoms with Gasteiger partial charge in [0.15, 0.2) is 0 Å². The monoisotopic (exact) mass is 337 g/mol. The minimum atomic E-state index is -3.38. The van der Waals surface area contributed by atoms with Crippen molar-refractivity contribution >= 4 is 37.3 Å². The van der Waals surface area contributed by atoms with Crippen molar-refractivity contribution in [2.75, 3.05) is 0 Å². The average molecular weight is 338 g/mol. The summed E-state index contributed by atoms with van der Waals surface area (Å²) in [5.41, 5.74) is -0.277. The lowest BCUT2D eigenvalue weighted by molar-refractivity contribution is 0.294. The van der Waals surface area contributed by atoms with Crippen LogP contribution in [0.15, 0.2) is 20.1 Å². The SMILES string of the molecule is CC1(NS(=O)(=O)c2sccc2Br)CCCCC1. The van der Waals surface area contributed by atoms with E-state index >= 15 is 0 Å². The molecule has 0 radical (unpaired) electrons. The van der Waals surface area contributed by atoms with Crippen molar-refractivity contribution in [3.8, 4) is 0 Å². The molecule has 1 aliphatic carbocycles. The summed E-state index contributed by atoms with van der Waals surface area (Å²) in [7, 11) is -3.38. The van der Waals surface area contributed by atoms with E-state index in [0.29, 0.717) is 8.68 Å². The maximum Gasteiger partial charge on any atom is 0.251 e. The van der Waals surface area contributed by atoms with Gasteiger partial charge in [-0.1, -0.05) is 19.3 Å². The minimum Gasteiger partial charge on any atom is -0.206 e. The van der Waals surface area contributed by atoms with Gasteiger partial charge in [0.1, 0.15) is 4.21 Å². The average Bonchev–Trinajstić information content (AvgIpc) is 2.64. The van der Waals surface area contributed by atoms with Gasteiger partial charge >= 0.3 is 0 Å². The summed E-state index contributed by atoms with van der Waals surface area (Å²) in [6, 6.07) is 1.77. The van der Waals surface area contributed by atoms with E-state index in [-0.39, 0.29) is 5.54 Å². The number of nitrogens with one attached hydrogen (secondary N) is 1. The van der Waals surface area contributed by atoms with E-state index in [0.717, 1.165) is 25.7 Å². The molecule has 96 valence electrons. The van der Waals surface area contributed by atoms with Gasteiger partial charge in [-0.3, -0.25) is 0 Å². The van der Waals surface area contributed by atoms with E-state index in [1.807, 2.05) is 6.92 Å². The molecule has 0 aromatic carbocycles. The summed E-state index contributed by atoms with van der Waals surface area (Å²) in [5, 5.41) is 1.78. The third-order valence-electron chi connectivity index (χ3n) is 3.17. The first-order valence-electron chi connectivity index (χ1n) is 5.70. The molecule has 0 spiro atoms. The highest BCUT2D eigenvalue weighted by Gasteiger charge is 2.33. The van der Waals surface area contributed by atoms with Gasteiger partial charge in [0, 0.05) is 10.0 Å². The highest BCUT2D eigenvalue weighted by atomic mass is 79.9. The third-order valence-corrected chi connectivity index (χ3v) is 7.47. The molecule has 0 amide bonds. The highest BCUT2D eigenvalue weighted by Crippen LogP contribution is 2.32. The van der Waals surface area contributed by atoms with Gasteiger partial charge in [-0.05, 0) is 47.1 Å². The molecule has 0 bridgehead atoms. The van der Waals surface area contributed by atoms with Crippen LogP contribution in [0, 0.1) is 0 Å². The Bertz CT molecular complexity index is 489. The molecule has 1 aromatic heterocycles. The van der Waals surface area contributed by atoms with Crippen LogP contribution in [0.4, 0.5) is 0 Å². The summed E-state index contributed by atoms with van der Waals surface area (Å²) in [6.07, 6.45) is 5.26. The van der Waals surface area contributed by atoms with Crippen LogP contribution in [0.2, 0.25) is 0 Å². The smallest absolute Gasteiger partial charge is 0.206 e. The first-order chi connectivity index (χ1) is 7.93. The quantitative estimate of drug-likeness (QED) is 0.917. The Morgan fingerprint density at radius 2 is 2.00 bits per heavy atom. The molecule has 0 atom stereocenters. The van der Waals surface area contributed by atoms with E-state index in [2.05, 4.69) is 20.7 Å². The third kappa shape index (κ3) is 3.10. The van der Waals surface area contributed by atoms with E-state index in [9.17, 15) is 8.42 Å². The number of sulfonamides is 1. The molecule has 1 fully saturated rings. The van der Waals surface area contributed by atoms with Crippen LogP contribution in [0.5, 0.6) is 0 Å². The Hall–Kier alpha value is 0.0900. The largest absolute Gasteiger partial charge is 0.251 e. The minimum absolute atomic E-state index is 0.277. The molecule has 1 heterocycles. The van der Waals surface area contributed by atoms with Crippen molar-refractivity contribution in [2.45, 2.75) is 48.8 Å². The van der Waals surface area contributed by atoms with E-state index in [1.165, 1.54) is 17.8 Å². The van der Waals surface area contributed by atoms with E-state index in [1.54, 1.807) is 11.4 Å². The molecule has 0 aliphatic heterocycles. The molecule has 2 rings (SSSR count). The van der Waals surface area contributed by atoms with Gasteiger partial charge in [0.05, 0.1) is 0 Å². The molecule has 0 saturated heterocycles. The van der Waals surface area contributed by atoms with Crippen LogP contribution in [-0.4, -0.2) is 14.0 Å². The number of halogens is 1. The molecule has 6 heteroatoms. The van der Waals surface area contributed by atoms with Crippen LogP contribution in [0.3, 0.4) is 0 Å². The second-order valence-corrected chi connectivity index (χ2v) is 8.43. The van der Waals surface area contributed by atoms with Crippen molar-refractivity contribution in [1.82, 2.24) is 4.72 Å². The number of hydrogen-bond acceptors (Lipinski definition) is 3. The zero-order valence-electron chi connectivity index (χ0n) is 9.70. The lowest BCUT2D eigenvalue weighted by Crippen LogP contribution is -2.46. The predicted molar refractivity (Wildman–Crippen MR) is 73.8 cm³/mol. The van der Waals surface area contributed by atoms with Gasteiger partial charge in [-0.25, -0.2) is 13.1 Å². The standard InChI is InChI=1S/C11H16BrNO2S2/c1-11(6-3-2-4-7-11)13-17(14,15)10-9(12)5-8-16-10/h5,8,13H,2-4,6-7H2,1H3. The maximum absolute atomic E-state index is 12.3. The van der Waals surface area contributed by atoms with Crippen LogP contribution >= 0.6 is 27.3 Å². The molecular weight excluding hydrogens is 322 g/mol. The second kappa shape index (κ2) is 4.99. The predicted octanol–water partition coefficient (Wildman–Crippen LogP) is 3.51. The van der Waals surface area contributed by atoms with Crippen LogP contribution in [-0.2, 0) is 10.0 Å². The summed E-state index contributed by atoms with van der Waals surface area (Å²) in [5.74, 6) is 0. The Morgan fingerprint density at radius 3 is 2.53 bits per heavy atom. The molecule has 1 aliphatic rings. The number of thiophene rings is 1. The topological polar surface area (TPSA) is 46.2 Å². The Labute approximate surface area is 115 Å². The molecule has 1 N–H and O–H groups in total. The van der Waals surface area contributed by atoms with E-state index < -0.39 is 10.0 Å². The lowest BCUT2D eigenvalue weighted by atomic mass is 9.84. The highest BCUT2D eigenvalue weighted by molar-refractivity contribution is 9.10. The number of rotatable bonds is 3. The Kier molecular flexibility index (Phi) is 3.97. The first kappa shape index (κ1) is 13.5. The molecule has 0 unspecified atom stereocenters. The molecule has 1 aromatic rings. The van der Waals surface area contributed by atoms with Crippen molar-refractivity contribution in [3.63, 3.8) is 0 Å². The molecule has 1 saturated carbocycles. The van der Waals surface area contributed by atoms with E-state index in [4.69, 9.17) is 0 Å². The fourth-order valence-electron chi connectivity index (χ4n) is 2.28. The van der Waals surface area contributed by atoms with Crippen molar-refractivity contribution in [1.29, 1.82) is 0 Å². The molecule has 3 nitrogen and oxygen atoms in total. The van der Waals surface area contributed by atoms with Crippen LogP contribution < -0.4 is 4.72 Å². The van der Waals surface area contributed by atoms with Crippen molar-refractivity contribution in [2.24, 2.45) is 0 Å². The fourth-order valence-corrected chi connectivity index (χ4v) is 6.08. The Balaban J connectivity index is 2.20. The van der Waals surface area contributed by atoms with Gasteiger partial charge in [-0.2, -0.15) is 0 Å². The van der Waals surface area contributed by atoms with Gasteiger partial charge < -0.3 is 0 Å². The number of hydrogen-bond donors (Lipinski definition) is 1. The molecule has 17 heavy (non-hydrogen) atoms. The normalized spacial score (nSPS) is 20.4. The van der Waals surface area contributed by atoms with Crippen LogP contribution in [0.1, 0.15) is 39.0 Å². The van der Waals surface area contributed by atoms with Gasteiger partial charge in [0.2, 0.25) is 0 Å². The Morgan fingerprint density at radius 1 is 1.35 bits per heavy atom.